The second-order valence-electron chi connectivity index (χ2n) is 5.84. The first-order valence-electron chi connectivity index (χ1n) is 7.58. The molecule has 7 heteroatoms. The van der Waals surface area contributed by atoms with Crippen LogP contribution in [0.5, 0.6) is 0 Å². The largest absolute Gasteiger partial charge is 0.395 e. The summed E-state index contributed by atoms with van der Waals surface area (Å²) < 4.78 is -0.00588. The van der Waals surface area contributed by atoms with E-state index in [9.17, 15) is 15.0 Å². The predicted molar refractivity (Wildman–Crippen MR) is 91.4 cm³/mol. The van der Waals surface area contributed by atoms with Gasteiger partial charge in [0.25, 0.3) is 0 Å². The highest BCUT2D eigenvalue weighted by Crippen LogP contribution is 2.31. The maximum atomic E-state index is 11.1. The van der Waals surface area contributed by atoms with Crippen molar-refractivity contribution >= 4 is 28.5 Å². The van der Waals surface area contributed by atoms with E-state index in [1.54, 1.807) is 0 Å². The Kier molecular flexibility index (Phi) is 8.40. The minimum absolute atomic E-state index is 0.00588. The number of amides is 1. The first kappa shape index (κ1) is 19.1. The summed E-state index contributed by atoms with van der Waals surface area (Å²) >= 11 is 2.20. The zero-order chi connectivity index (χ0) is 16.0. The van der Waals surface area contributed by atoms with Gasteiger partial charge in [0, 0.05) is 13.0 Å². The summed E-state index contributed by atoms with van der Waals surface area (Å²) in [6, 6.07) is -0.413. The van der Waals surface area contributed by atoms with E-state index in [0.29, 0.717) is 0 Å². The first-order valence-corrected chi connectivity index (χ1v) is 8.83. The van der Waals surface area contributed by atoms with Crippen LogP contribution >= 0.6 is 22.6 Å². The van der Waals surface area contributed by atoms with Crippen molar-refractivity contribution in [2.24, 2.45) is 0 Å². The number of hydrogen-bond acceptors (Lipinski definition) is 5. The van der Waals surface area contributed by atoms with Gasteiger partial charge in [0.15, 0.2) is 0 Å². The van der Waals surface area contributed by atoms with Gasteiger partial charge in [0.2, 0.25) is 5.91 Å². The SMILES string of the molecule is C1CCNC1.CC(=O)N[C@H]1C(I)N(C(C)C)[C@H](CO)[C@H]1O. The molecule has 0 saturated carbocycles. The summed E-state index contributed by atoms with van der Waals surface area (Å²) in [5, 5.41) is 25.3. The predicted octanol–water partition coefficient (Wildman–Crippen LogP) is 0.0678. The van der Waals surface area contributed by atoms with Crippen LogP contribution in [0.3, 0.4) is 0 Å². The van der Waals surface area contributed by atoms with Gasteiger partial charge < -0.3 is 20.8 Å². The molecule has 0 bridgehead atoms. The standard InChI is InChI=1S/C10H19IN2O3.C4H9N/c1-5(2)13-7(4-14)9(16)8(10(13)11)12-6(3)15;1-2-4-5-3-1/h5,7-10,14,16H,4H2,1-3H3,(H,12,15);5H,1-4H2/t7-,8-,9-,10?;/m1./s1. The molecule has 0 aromatic carbocycles. The molecule has 124 valence electrons. The van der Waals surface area contributed by atoms with E-state index in [2.05, 4.69) is 33.2 Å². The third-order valence-corrected chi connectivity index (χ3v) is 5.25. The van der Waals surface area contributed by atoms with Gasteiger partial charge in [-0.2, -0.15) is 0 Å². The quantitative estimate of drug-likeness (QED) is 0.299. The third-order valence-electron chi connectivity index (χ3n) is 3.84. The fraction of sp³-hybridized carbons (Fsp3) is 0.929. The third kappa shape index (κ3) is 5.31. The van der Waals surface area contributed by atoms with Crippen LogP contribution in [0.25, 0.3) is 0 Å². The van der Waals surface area contributed by atoms with Crippen molar-refractivity contribution in [1.82, 2.24) is 15.5 Å². The number of likely N-dealkylation sites (tertiary alicyclic amines) is 1. The number of rotatable bonds is 3. The second-order valence-corrected chi connectivity index (χ2v) is 7.11. The Morgan fingerprint density at radius 1 is 1.43 bits per heavy atom. The molecule has 0 aliphatic carbocycles. The van der Waals surface area contributed by atoms with Gasteiger partial charge in [-0.25, -0.2) is 0 Å². The molecule has 4 N–H and O–H groups in total. The number of aliphatic hydroxyl groups excluding tert-OH is 2. The molecule has 21 heavy (non-hydrogen) atoms. The maximum Gasteiger partial charge on any atom is 0.217 e. The summed E-state index contributed by atoms with van der Waals surface area (Å²) in [6.45, 7) is 7.85. The van der Waals surface area contributed by atoms with Gasteiger partial charge in [-0.15, -0.1) is 0 Å². The molecular weight excluding hydrogens is 385 g/mol. The Balaban J connectivity index is 0.000000369. The van der Waals surface area contributed by atoms with E-state index >= 15 is 0 Å². The van der Waals surface area contributed by atoms with Crippen LogP contribution in [0.1, 0.15) is 33.6 Å². The van der Waals surface area contributed by atoms with Crippen LogP contribution in [0.2, 0.25) is 0 Å². The number of carbonyl (C=O) groups is 1. The fourth-order valence-electron chi connectivity index (χ4n) is 2.83. The van der Waals surface area contributed by atoms with E-state index < -0.39 is 6.10 Å². The van der Waals surface area contributed by atoms with Crippen LogP contribution in [0, 0.1) is 0 Å². The van der Waals surface area contributed by atoms with Crippen LogP contribution in [-0.2, 0) is 4.79 Å². The van der Waals surface area contributed by atoms with Gasteiger partial charge in [-0.1, -0.05) is 22.6 Å². The molecule has 2 heterocycles. The lowest BCUT2D eigenvalue weighted by Gasteiger charge is -2.30. The minimum Gasteiger partial charge on any atom is -0.395 e. The molecule has 0 radical (unpaired) electrons. The maximum absolute atomic E-state index is 11.1. The zero-order valence-corrected chi connectivity index (χ0v) is 15.2. The molecule has 2 rings (SSSR count). The van der Waals surface area contributed by atoms with Crippen molar-refractivity contribution in [2.75, 3.05) is 19.7 Å². The van der Waals surface area contributed by atoms with Crippen molar-refractivity contribution in [3.05, 3.63) is 0 Å². The molecule has 0 aromatic heterocycles. The lowest BCUT2D eigenvalue weighted by atomic mass is 10.1. The minimum atomic E-state index is -0.724. The van der Waals surface area contributed by atoms with Crippen LogP contribution in [0.4, 0.5) is 0 Å². The van der Waals surface area contributed by atoms with Crippen molar-refractivity contribution in [3.63, 3.8) is 0 Å². The van der Waals surface area contributed by atoms with Gasteiger partial charge in [0.1, 0.15) is 0 Å². The van der Waals surface area contributed by atoms with E-state index in [-0.39, 0.29) is 34.7 Å². The Bertz CT molecular complexity index is 319. The smallest absolute Gasteiger partial charge is 0.217 e. The molecule has 2 saturated heterocycles. The van der Waals surface area contributed by atoms with Crippen LogP contribution < -0.4 is 10.6 Å². The number of hydrogen-bond donors (Lipinski definition) is 4. The van der Waals surface area contributed by atoms with Crippen molar-refractivity contribution < 1.29 is 15.0 Å². The summed E-state index contributed by atoms with van der Waals surface area (Å²) in [6.07, 6.45) is 2.05. The number of halogens is 1. The Morgan fingerprint density at radius 3 is 2.29 bits per heavy atom. The normalized spacial score (nSPS) is 32.9. The molecule has 2 fully saturated rings. The van der Waals surface area contributed by atoms with E-state index in [1.165, 1.54) is 32.9 Å². The second kappa shape index (κ2) is 9.24. The number of nitrogens with zero attached hydrogens (tertiary/aromatic N) is 1. The van der Waals surface area contributed by atoms with E-state index in [0.717, 1.165) is 0 Å². The number of aliphatic hydroxyl groups is 2. The molecule has 2 aliphatic rings. The van der Waals surface area contributed by atoms with Crippen LogP contribution in [0.15, 0.2) is 0 Å². The molecule has 0 spiro atoms. The number of alkyl halides is 1. The number of nitrogens with one attached hydrogen (secondary N) is 2. The molecular formula is C14H28IN3O3. The zero-order valence-electron chi connectivity index (χ0n) is 13.1. The highest BCUT2D eigenvalue weighted by molar-refractivity contribution is 14.1. The lowest BCUT2D eigenvalue weighted by molar-refractivity contribution is -0.120. The van der Waals surface area contributed by atoms with Gasteiger partial charge in [-0.05, 0) is 39.8 Å². The van der Waals surface area contributed by atoms with E-state index in [1.807, 2.05) is 18.7 Å². The molecule has 1 amide bonds. The summed E-state index contributed by atoms with van der Waals surface area (Å²) in [4.78, 5) is 13.1. The highest BCUT2D eigenvalue weighted by atomic mass is 127. The monoisotopic (exact) mass is 413 g/mol. The first-order chi connectivity index (χ1) is 9.90. The van der Waals surface area contributed by atoms with Gasteiger partial charge in [-0.3, -0.25) is 9.69 Å². The Hall–Kier alpha value is 0.0400. The summed E-state index contributed by atoms with van der Waals surface area (Å²) in [5.74, 6) is -0.159. The Morgan fingerprint density at radius 2 is 2.00 bits per heavy atom. The van der Waals surface area contributed by atoms with Gasteiger partial charge in [0.05, 0.1) is 28.8 Å². The average Bonchev–Trinajstić information content (AvgIpc) is 3.04. The number of carbonyl (C=O) groups excluding carboxylic acids is 1. The molecule has 6 nitrogen and oxygen atoms in total. The Labute approximate surface area is 140 Å². The van der Waals surface area contributed by atoms with Gasteiger partial charge >= 0.3 is 0 Å². The summed E-state index contributed by atoms with van der Waals surface area (Å²) in [5.41, 5.74) is 0. The highest BCUT2D eigenvalue weighted by Gasteiger charge is 2.48. The molecule has 1 unspecified atom stereocenters. The average molecular weight is 413 g/mol. The molecule has 0 aromatic rings. The molecule has 4 atom stereocenters. The van der Waals surface area contributed by atoms with Crippen molar-refractivity contribution in [1.29, 1.82) is 0 Å². The lowest BCUT2D eigenvalue weighted by Crippen LogP contribution is -2.46. The van der Waals surface area contributed by atoms with Crippen molar-refractivity contribution in [3.8, 4) is 0 Å². The topological polar surface area (TPSA) is 84.8 Å². The fourth-order valence-corrected chi connectivity index (χ4v) is 4.49. The van der Waals surface area contributed by atoms with E-state index in [4.69, 9.17) is 0 Å². The summed E-state index contributed by atoms with van der Waals surface area (Å²) in [7, 11) is 0. The van der Waals surface area contributed by atoms with Crippen molar-refractivity contribution in [2.45, 2.75) is 61.9 Å². The molecule has 2 aliphatic heterocycles. The van der Waals surface area contributed by atoms with Crippen LogP contribution in [-0.4, -0.2) is 69.0 Å².